The highest BCUT2D eigenvalue weighted by molar-refractivity contribution is 6.16. The molecule has 0 radical (unpaired) electrons. The molecule has 4 heteroatoms. The minimum atomic E-state index is 0.542. The Labute approximate surface area is 97.1 Å². The standard InChI is InChI=1S/C11H20ClN3/c1-10(2)14(3)5-4-6-15-9-13-8-11(15)7-12/h8-10H,4-7H2,1-3H3. The number of alkyl halides is 1. The van der Waals surface area contributed by atoms with Crippen molar-refractivity contribution in [2.75, 3.05) is 13.6 Å². The minimum Gasteiger partial charge on any atom is -0.333 e. The molecule has 0 unspecified atom stereocenters. The molecule has 0 bridgehead atoms. The molecule has 0 spiro atoms. The fraction of sp³-hybridized carbons (Fsp3) is 0.727. The fourth-order valence-electron chi connectivity index (χ4n) is 1.41. The zero-order valence-corrected chi connectivity index (χ0v) is 10.5. The van der Waals surface area contributed by atoms with Gasteiger partial charge in [0, 0.05) is 18.8 Å². The van der Waals surface area contributed by atoms with Gasteiger partial charge in [-0.05, 0) is 33.9 Å². The van der Waals surface area contributed by atoms with Crippen LogP contribution in [0.25, 0.3) is 0 Å². The fourth-order valence-corrected chi connectivity index (χ4v) is 1.63. The molecule has 3 nitrogen and oxygen atoms in total. The molecule has 1 aromatic rings. The molecular weight excluding hydrogens is 210 g/mol. The summed E-state index contributed by atoms with van der Waals surface area (Å²) in [6.07, 6.45) is 4.82. The van der Waals surface area contributed by atoms with Gasteiger partial charge in [0.1, 0.15) is 0 Å². The molecule has 0 N–H and O–H groups in total. The number of hydrogen-bond donors (Lipinski definition) is 0. The summed E-state index contributed by atoms with van der Waals surface area (Å²) in [5, 5.41) is 0. The lowest BCUT2D eigenvalue weighted by atomic mass is 10.3. The Morgan fingerprint density at radius 2 is 2.27 bits per heavy atom. The number of halogens is 1. The highest BCUT2D eigenvalue weighted by atomic mass is 35.5. The van der Waals surface area contributed by atoms with Crippen LogP contribution in [-0.2, 0) is 12.4 Å². The highest BCUT2D eigenvalue weighted by Crippen LogP contribution is 2.05. The molecule has 0 atom stereocenters. The van der Waals surface area contributed by atoms with Gasteiger partial charge in [0.25, 0.3) is 0 Å². The molecule has 15 heavy (non-hydrogen) atoms. The molecule has 0 aliphatic heterocycles. The molecular formula is C11H20ClN3. The number of aromatic nitrogens is 2. The molecule has 1 rings (SSSR count). The SMILES string of the molecule is CC(C)N(C)CCCn1cncc1CCl. The second-order valence-corrected chi connectivity index (χ2v) is 4.41. The third-order valence-corrected chi connectivity index (χ3v) is 3.00. The summed E-state index contributed by atoms with van der Waals surface area (Å²) < 4.78 is 2.13. The van der Waals surface area contributed by atoms with Gasteiger partial charge in [-0.1, -0.05) is 0 Å². The Hall–Kier alpha value is -0.540. The van der Waals surface area contributed by atoms with E-state index in [1.165, 1.54) is 0 Å². The van der Waals surface area contributed by atoms with Gasteiger partial charge in [-0.2, -0.15) is 0 Å². The van der Waals surface area contributed by atoms with Crippen molar-refractivity contribution in [3.05, 3.63) is 18.2 Å². The van der Waals surface area contributed by atoms with E-state index >= 15 is 0 Å². The maximum Gasteiger partial charge on any atom is 0.0948 e. The van der Waals surface area contributed by atoms with E-state index < -0.39 is 0 Å². The Kier molecular flexibility index (Phi) is 5.12. The number of rotatable bonds is 6. The number of hydrogen-bond acceptors (Lipinski definition) is 2. The smallest absolute Gasteiger partial charge is 0.0948 e. The second kappa shape index (κ2) is 6.13. The van der Waals surface area contributed by atoms with Gasteiger partial charge in [0.05, 0.1) is 17.9 Å². The Balaban J connectivity index is 2.31. The lowest BCUT2D eigenvalue weighted by Crippen LogP contribution is -2.27. The van der Waals surface area contributed by atoms with E-state index in [-0.39, 0.29) is 0 Å². The quantitative estimate of drug-likeness (QED) is 0.699. The summed E-state index contributed by atoms with van der Waals surface area (Å²) in [6.45, 7) is 6.53. The van der Waals surface area contributed by atoms with Crippen LogP contribution in [-0.4, -0.2) is 34.1 Å². The van der Waals surface area contributed by atoms with Crippen molar-refractivity contribution in [2.45, 2.75) is 38.7 Å². The summed E-state index contributed by atoms with van der Waals surface area (Å²) >= 11 is 5.79. The van der Waals surface area contributed by atoms with Crippen LogP contribution in [0.4, 0.5) is 0 Å². The number of nitrogens with zero attached hydrogens (tertiary/aromatic N) is 3. The normalized spacial score (nSPS) is 11.6. The zero-order valence-electron chi connectivity index (χ0n) is 9.78. The van der Waals surface area contributed by atoms with Crippen LogP contribution in [0.2, 0.25) is 0 Å². The summed E-state index contributed by atoms with van der Waals surface area (Å²) in [5.74, 6) is 0.542. The molecule has 0 aliphatic carbocycles. The van der Waals surface area contributed by atoms with Crippen molar-refractivity contribution in [1.29, 1.82) is 0 Å². The van der Waals surface area contributed by atoms with Gasteiger partial charge in [0.2, 0.25) is 0 Å². The average molecular weight is 230 g/mol. The van der Waals surface area contributed by atoms with Crippen LogP contribution < -0.4 is 0 Å². The maximum absolute atomic E-state index is 5.79. The Morgan fingerprint density at radius 1 is 1.53 bits per heavy atom. The predicted molar refractivity (Wildman–Crippen MR) is 64.2 cm³/mol. The van der Waals surface area contributed by atoms with E-state index in [2.05, 4.69) is 35.3 Å². The molecule has 1 aromatic heterocycles. The van der Waals surface area contributed by atoms with E-state index in [9.17, 15) is 0 Å². The van der Waals surface area contributed by atoms with Gasteiger partial charge < -0.3 is 9.47 Å². The molecule has 86 valence electrons. The van der Waals surface area contributed by atoms with Crippen molar-refractivity contribution in [2.24, 2.45) is 0 Å². The summed E-state index contributed by atoms with van der Waals surface area (Å²) in [5.41, 5.74) is 1.10. The maximum atomic E-state index is 5.79. The van der Waals surface area contributed by atoms with E-state index in [0.717, 1.165) is 25.2 Å². The third-order valence-electron chi connectivity index (χ3n) is 2.73. The zero-order chi connectivity index (χ0) is 11.3. The van der Waals surface area contributed by atoms with E-state index in [1.54, 1.807) is 0 Å². The highest BCUT2D eigenvalue weighted by Gasteiger charge is 2.04. The minimum absolute atomic E-state index is 0.542. The monoisotopic (exact) mass is 229 g/mol. The summed E-state index contributed by atoms with van der Waals surface area (Å²) in [7, 11) is 2.15. The van der Waals surface area contributed by atoms with Crippen molar-refractivity contribution < 1.29 is 0 Å². The van der Waals surface area contributed by atoms with Crippen LogP contribution >= 0.6 is 11.6 Å². The number of imidazole rings is 1. The first-order valence-corrected chi connectivity index (χ1v) is 5.93. The average Bonchev–Trinajstić information content (AvgIpc) is 2.65. The van der Waals surface area contributed by atoms with Crippen LogP contribution in [0.5, 0.6) is 0 Å². The largest absolute Gasteiger partial charge is 0.333 e. The predicted octanol–water partition coefficient (Wildman–Crippen LogP) is 2.35. The number of aryl methyl sites for hydroxylation is 1. The van der Waals surface area contributed by atoms with Crippen LogP contribution in [0, 0.1) is 0 Å². The van der Waals surface area contributed by atoms with E-state index in [1.807, 2.05) is 12.5 Å². The van der Waals surface area contributed by atoms with Crippen molar-refractivity contribution in [3.8, 4) is 0 Å². The van der Waals surface area contributed by atoms with Gasteiger partial charge >= 0.3 is 0 Å². The second-order valence-electron chi connectivity index (χ2n) is 4.14. The molecule has 0 aliphatic rings. The first-order valence-electron chi connectivity index (χ1n) is 5.40. The van der Waals surface area contributed by atoms with Crippen molar-refractivity contribution in [1.82, 2.24) is 14.5 Å². The Morgan fingerprint density at radius 3 is 2.87 bits per heavy atom. The third kappa shape index (κ3) is 3.84. The summed E-state index contributed by atoms with van der Waals surface area (Å²) in [6, 6.07) is 0.611. The molecule has 0 amide bonds. The molecule has 0 aromatic carbocycles. The lowest BCUT2D eigenvalue weighted by Gasteiger charge is -2.20. The molecule has 0 saturated heterocycles. The van der Waals surface area contributed by atoms with Gasteiger partial charge in [-0.3, -0.25) is 0 Å². The van der Waals surface area contributed by atoms with Crippen molar-refractivity contribution in [3.63, 3.8) is 0 Å². The lowest BCUT2D eigenvalue weighted by molar-refractivity contribution is 0.265. The van der Waals surface area contributed by atoms with Crippen LogP contribution in [0.3, 0.4) is 0 Å². The first kappa shape index (κ1) is 12.5. The van der Waals surface area contributed by atoms with Gasteiger partial charge in [0.15, 0.2) is 0 Å². The first-order chi connectivity index (χ1) is 7.15. The topological polar surface area (TPSA) is 21.1 Å². The van der Waals surface area contributed by atoms with E-state index in [4.69, 9.17) is 11.6 Å². The van der Waals surface area contributed by atoms with Gasteiger partial charge in [-0.15, -0.1) is 11.6 Å². The summed E-state index contributed by atoms with van der Waals surface area (Å²) in [4.78, 5) is 6.44. The molecule has 0 fully saturated rings. The van der Waals surface area contributed by atoms with Crippen LogP contribution in [0.15, 0.2) is 12.5 Å². The molecule has 1 heterocycles. The molecule has 0 saturated carbocycles. The van der Waals surface area contributed by atoms with E-state index in [0.29, 0.717) is 11.9 Å². The Bertz CT molecular complexity index is 283. The van der Waals surface area contributed by atoms with Crippen LogP contribution in [0.1, 0.15) is 26.0 Å². The van der Waals surface area contributed by atoms with Gasteiger partial charge in [-0.25, -0.2) is 4.98 Å². The van der Waals surface area contributed by atoms with Crippen molar-refractivity contribution >= 4 is 11.6 Å².